The number of aryl methyl sites for hydroxylation is 3. The predicted molar refractivity (Wildman–Crippen MR) is 271 cm³/mol. The Morgan fingerprint density at radius 1 is 0.536 bits per heavy atom. The van der Waals surface area contributed by atoms with Gasteiger partial charge < -0.3 is 24.6 Å². The van der Waals surface area contributed by atoms with Crippen LogP contribution in [0.4, 0.5) is 0 Å². The molecule has 0 atom stereocenters. The Balaban J connectivity index is 0.000000130. The van der Waals surface area contributed by atoms with Gasteiger partial charge in [0.1, 0.15) is 11.4 Å². The lowest BCUT2D eigenvalue weighted by atomic mass is 10.0. The van der Waals surface area contributed by atoms with Crippen molar-refractivity contribution in [1.82, 2.24) is 28.0 Å². The first-order chi connectivity index (χ1) is 33.1. The average Bonchev–Trinajstić information content (AvgIpc) is 4.23. The molecule has 0 amide bonds. The first-order valence-corrected chi connectivity index (χ1v) is 30.8. The summed E-state index contributed by atoms with van der Waals surface area (Å²) >= 11 is 1.81. The van der Waals surface area contributed by atoms with Gasteiger partial charge in [0.15, 0.2) is 0 Å². The summed E-state index contributed by atoms with van der Waals surface area (Å²) in [6.45, 7) is 16.4. The molecule has 2 aliphatic carbocycles. The Morgan fingerprint density at radius 2 is 0.928 bits per heavy atom. The van der Waals surface area contributed by atoms with Gasteiger partial charge in [0.25, 0.3) is 0 Å². The van der Waals surface area contributed by atoms with Crippen LogP contribution in [0.2, 0.25) is 0 Å². The highest BCUT2D eigenvalue weighted by molar-refractivity contribution is 8.02. The zero-order valence-corrected chi connectivity index (χ0v) is 44.2. The molecule has 0 aromatic heterocycles. The second-order valence-corrected chi connectivity index (χ2v) is 27.5. The van der Waals surface area contributed by atoms with Crippen LogP contribution in [-0.2, 0) is 46.0 Å². The van der Waals surface area contributed by atoms with Crippen molar-refractivity contribution in [1.29, 1.82) is 0 Å². The van der Waals surface area contributed by atoms with Crippen LogP contribution in [0, 0.1) is 25.7 Å². The highest BCUT2D eigenvalue weighted by Gasteiger charge is 2.53. The Morgan fingerprint density at radius 3 is 1.32 bits per heavy atom. The van der Waals surface area contributed by atoms with E-state index in [2.05, 4.69) is 22.0 Å². The molecule has 69 heavy (non-hydrogen) atoms. The molecular weight excluding hydrogens is 953 g/mol. The molecule has 6 aliphatic heterocycles. The lowest BCUT2D eigenvalue weighted by Crippen LogP contribution is -2.55. The summed E-state index contributed by atoms with van der Waals surface area (Å²) in [5.41, 5.74) is 2.03. The number of thioether (sulfide) groups is 1. The van der Waals surface area contributed by atoms with Gasteiger partial charge in [-0.25, -0.2) is 25.3 Å². The SMILES string of the molecule is CCc1ccc(S(=O)(=O)N2CCOC23CCN(CC2CC2)CC3)cc1.Cc1ccc(S(=O)(=O)N2CCOC23CCN(CC2CC2)CC3)cc1.Cc1ccc(S(=O)(=O)N2CCSC23CCNCC3)cc1. The van der Waals surface area contributed by atoms with Crippen LogP contribution >= 0.6 is 11.8 Å². The van der Waals surface area contributed by atoms with Crippen molar-refractivity contribution in [3.63, 3.8) is 0 Å². The minimum atomic E-state index is -3.51. The van der Waals surface area contributed by atoms with Crippen molar-refractivity contribution in [2.45, 2.75) is 122 Å². The quantitative estimate of drug-likeness (QED) is 0.224. The lowest BCUT2D eigenvalue weighted by Gasteiger charge is -2.43. The van der Waals surface area contributed by atoms with Gasteiger partial charge in [-0.3, -0.25) is 0 Å². The molecule has 3 aromatic rings. The summed E-state index contributed by atoms with van der Waals surface area (Å²) in [6.07, 6.45) is 11.2. The van der Waals surface area contributed by atoms with E-state index in [0.717, 1.165) is 118 Å². The number of nitrogens with zero attached hydrogens (tertiary/aromatic N) is 5. The Labute approximate surface area is 417 Å². The van der Waals surface area contributed by atoms with Gasteiger partial charge in [-0.15, -0.1) is 11.8 Å². The van der Waals surface area contributed by atoms with Crippen LogP contribution in [0.3, 0.4) is 0 Å². The molecule has 14 nitrogen and oxygen atoms in total. The monoisotopic (exact) mass is 1030 g/mol. The third-order valence-electron chi connectivity index (χ3n) is 15.6. The predicted octanol–water partition coefficient (Wildman–Crippen LogP) is 6.50. The third kappa shape index (κ3) is 11.4. The van der Waals surface area contributed by atoms with Gasteiger partial charge in [-0.2, -0.15) is 12.9 Å². The molecule has 6 saturated heterocycles. The van der Waals surface area contributed by atoms with E-state index in [1.165, 1.54) is 38.8 Å². The van der Waals surface area contributed by atoms with Crippen molar-refractivity contribution in [2.75, 3.05) is 91.0 Å². The van der Waals surface area contributed by atoms with Gasteiger partial charge in [0.2, 0.25) is 30.1 Å². The largest absolute Gasteiger partial charge is 0.358 e. The normalized spacial score (nSPS) is 24.6. The fourth-order valence-electron chi connectivity index (χ4n) is 11.0. The number of rotatable bonds is 11. The van der Waals surface area contributed by atoms with Crippen LogP contribution in [0.25, 0.3) is 0 Å². The minimum absolute atomic E-state index is 0.227. The van der Waals surface area contributed by atoms with Gasteiger partial charge in [-0.05, 0) is 126 Å². The maximum Gasteiger partial charge on any atom is 0.245 e. The molecule has 380 valence electrons. The van der Waals surface area contributed by atoms with Crippen LogP contribution in [0.15, 0.2) is 87.5 Å². The topological polar surface area (TPSA) is 149 Å². The molecule has 6 heterocycles. The van der Waals surface area contributed by atoms with E-state index in [0.29, 0.717) is 47.5 Å². The summed E-state index contributed by atoms with van der Waals surface area (Å²) < 4.78 is 95.5. The first-order valence-electron chi connectivity index (χ1n) is 25.5. The number of nitrogens with one attached hydrogen (secondary N) is 1. The fraction of sp³-hybridized carbons (Fsp3) is 0.647. The van der Waals surface area contributed by atoms with Crippen molar-refractivity contribution in [2.24, 2.45) is 11.8 Å². The minimum Gasteiger partial charge on any atom is -0.358 e. The second-order valence-electron chi connectivity index (χ2n) is 20.5. The molecule has 8 aliphatic rings. The number of hydrogen-bond donors (Lipinski definition) is 1. The van der Waals surface area contributed by atoms with Gasteiger partial charge in [-0.1, -0.05) is 54.4 Å². The van der Waals surface area contributed by atoms with E-state index in [1.807, 2.05) is 50.2 Å². The van der Waals surface area contributed by atoms with Crippen molar-refractivity contribution in [3.05, 3.63) is 89.5 Å². The molecule has 0 radical (unpaired) electrons. The fourth-order valence-corrected chi connectivity index (χ4v) is 18.1. The molecule has 0 unspecified atom stereocenters. The number of ether oxygens (including phenoxy) is 2. The van der Waals surface area contributed by atoms with Crippen molar-refractivity contribution < 1.29 is 34.7 Å². The van der Waals surface area contributed by atoms with Crippen LogP contribution in [0.1, 0.15) is 87.8 Å². The first kappa shape index (κ1) is 51.4. The van der Waals surface area contributed by atoms with Crippen LogP contribution in [-0.4, -0.2) is 155 Å². The molecule has 2 saturated carbocycles. The number of likely N-dealkylation sites (tertiary alicyclic amines) is 2. The van der Waals surface area contributed by atoms with Crippen molar-refractivity contribution in [3.8, 4) is 0 Å². The molecule has 1 N–H and O–H groups in total. The van der Waals surface area contributed by atoms with E-state index >= 15 is 0 Å². The highest BCUT2D eigenvalue weighted by Crippen LogP contribution is 2.46. The number of hydrogen-bond acceptors (Lipinski definition) is 12. The Bertz CT molecular complexity index is 2540. The highest BCUT2D eigenvalue weighted by atomic mass is 32.2. The molecule has 3 spiro atoms. The standard InChI is InChI=1S/C19H28N2O3S.C18H26N2O3S.C14H20N2O2S2/c1-2-16-5-7-18(8-6-16)25(22,23)21-13-14-24-19(21)9-11-20(12-10-19)15-17-3-4-17;1-15-2-6-17(7-3-15)24(21,22)20-12-13-23-18(20)8-10-19(11-9-18)14-16-4-5-16;1-12-2-4-13(5-3-12)20(17,18)16-10-11-19-14(16)6-8-15-9-7-14/h5-8,17H,2-4,9-15H2,1H3;2-3,6-7,16H,4-5,8-14H2,1H3;2-5,15H,6-11H2,1H3. The van der Waals surface area contributed by atoms with Gasteiger partial charge >= 0.3 is 0 Å². The second kappa shape index (κ2) is 21.2. The van der Waals surface area contributed by atoms with E-state index in [1.54, 1.807) is 61.1 Å². The molecule has 3 aromatic carbocycles. The number of benzene rings is 3. The molecule has 0 bridgehead atoms. The zero-order chi connectivity index (χ0) is 48.5. The zero-order valence-electron chi connectivity index (χ0n) is 40.9. The maximum atomic E-state index is 13.2. The summed E-state index contributed by atoms with van der Waals surface area (Å²) in [7, 11) is -10.4. The summed E-state index contributed by atoms with van der Waals surface area (Å²) in [5.74, 6) is 2.64. The van der Waals surface area contributed by atoms with Crippen molar-refractivity contribution >= 4 is 41.8 Å². The summed E-state index contributed by atoms with van der Waals surface area (Å²) in [4.78, 5) is 5.90. The number of sulfonamides is 3. The molecule has 8 fully saturated rings. The summed E-state index contributed by atoms with van der Waals surface area (Å²) in [5, 5.41) is 3.32. The van der Waals surface area contributed by atoms with Gasteiger partial charge in [0, 0.05) is 90.3 Å². The smallest absolute Gasteiger partial charge is 0.245 e. The summed E-state index contributed by atoms with van der Waals surface area (Å²) in [6, 6.07) is 21.6. The van der Waals surface area contributed by atoms with E-state index < -0.39 is 41.5 Å². The molecule has 18 heteroatoms. The van der Waals surface area contributed by atoms with Crippen LogP contribution < -0.4 is 5.32 Å². The molecule has 11 rings (SSSR count). The number of piperidine rings is 3. The van der Waals surface area contributed by atoms with E-state index in [9.17, 15) is 25.3 Å². The van der Waals surface area contributed by atoms with Crippen LogP contribution in [0.5, 0.6) is 0 Å². The van der Waals surface area contributed by atoms with Gasteiger partial charge in [0.05, 0.1) is 32.8 Å². The third-order valence-corrected chi connectivity index (χ3v) is 23.2. The molecular formula is C51H74N6O8S4. The maximum absolute atomic E-state index is 13.2. The lowest BCUT2D eigenvalue weighted by molar-refractivity contribution is -0.0912. The van der Waals surface area contributed by atoms with E-state index in [-0.39, 0.29) is 4.87 Å². The Hall–Kier alpha value is -2.46. The average molecular weight is 1030 g/mol. The Kier molecular flexibility index (Phi) is 15.8. The van der Waals surface area contributed by atoms with E-state index in [4.69, 9.17) is 9.47 Å².